The maximum atomic E-state index is 5.76. The second-order valence-corrected chi connectivity index (χ2v) is 3.80. The van der Waals surface area contributed by atoms with E-state index in [1.807, 2.05) is 12.1 Å². The summed E-state index contributed by atoms with van der Waals surface area (Å²) < 4.78 is 0. The number of rotatable bonds is 2. The van der Waals surface area contributed by atoms with E-state index < -0.39 is 0 Å². The molecule has 1 aliphatic rings. The maximum absolute atomic E-state index is 5.76. The average molecular weight is 188 g/mol. The highest BCUT2D eigenvalue weighted by atomic mass is 15.1. The molecule has 1 aliphatic heterocycles. The molecule has 2 N–H and O–H groups in total. The van der Waals surface area contributed by atoms with E-state index in [-0.39, 0.29) is 0 Å². The molecule has 2 heteroatoms. The van der Waals surface area contributed by atoms with Crippen molar-refractivity contribution >= 4 is 5.69 Å². The average Bonchev–Trinajstić information content (AvgIpc) is 2.17. The highest BCUT2D eigenvalue weighted by Gasteiger charge is 2.14. The normalized spacial score (nSPS) is 16.3. The van der Waals surface area contributed by atoms with Gasteiger partial charge in [-0.1, -0.05) is 12.1 Å². The van der Waals surface area contributed by atoms with E-state index in [4.69, 9.17) is 5.73 Å². The summed E-state index contributed by atoms with van der Waals surface area (Å²) in [6.45, 7) is 6.86. The number of nitrogens with two attached hydrogens (primary N) is 1. The summed E-state index contributed by atoms with van der Waals surface area (Å²) in [5, 5.41) is 0. The van der Waals surface area contributed by atoms with Crippen LogP contribution >= 0.6 is 0 Å². The summed E-state index contributed by atoms with van der Waals surface area (Å²) >= 11 is 0. The highest BCUT2D eigenvalue weighted by Crippen LogP contribution is 2.20. The van der Waals surface area contributed by atoms with E-state index in [1.165, 1.54) is 11.1 Å². The zero-order valence-electron chi connectivity index (χ0n) is 8.37. The van der Waals surface area contributed by atoms with Gasteiger partial charge < -0.3 is 5.73 Å². The molecule has 0 aromatic heterocycles. The van der Waals surface area contributed by atoms with E-state index in [9.17, 15) is 0 Å². The summed E-state index contributed by atoms with van der Waals surface area (Å²) in [6.07, 6.45) is 3.08. The summed E-state index contributed by atoms with van der Waals surface area (Å²) in [6, 6.07) is 6.22. The molecule has 2 nitrogen and oxygen atoms in total. The summed E-state index contributed by atoms with van der Waals surface area (Å²) in [4.78, 5) is 2.38. The fraction of sp³-hybridized carbons (Fsp3) is 0.333. The molecule has 0 amide bonds. The number of nitrogen functional groups attached to an aromatic ring is 1. The minimum Gasteiger partial charge on any atom is -0.399 e. The first-order valence-corrected chi connectivity index (χ1v) is 5.00. The van der Waals surface area contributed by atoms with E-state index >= 15 is 0 Å². The van der Waals surface area contributed by atoms with Crippen molar-refractivity contribution in [2.24, 2.45) is 0 Å². The van der Waals surface area contributed by atoms with Crippen molar-refractivity contribution in [1.29, 1.82) is 0 Å². The Morgan fingerprint density at radius 3 is 3.07 bits per heavy atom. The molecule has 0 saturated carbocycles. The third-order valence-electron chi connectivity index (χ3n) is 2.71. The van der Waals surface area contributed by atoms with Gasteiger partial charge in [-0.15, -0.1) is 6.58 Å². The molecule has 2 rings (SSSR count). The van der Waals surface area contributed by atoms with Gasteiger partial charge in [0.15, 0.2) is 0 Å². The predicted octanol–water partition coefficient (Wildman–Crippen LogP) is 1.81. The zero-order valence-corrected chi connectivity index (χ0v) is 8.37. The number of anilines is 1. The van der Waals surface area contributed by atoms with Crippen molar-refractivity contribution in [1.82, 2.24) is 4.90 Å². The Hall–Kier alpha value is -1.28. The molecule has 0 aliphatic carbocycles. The zero-order chi connectivity index (χ0) is 9.97. The Labute approximate surface area is 85.0 Å². The summed E-state index contributed by atoms with van der Waals surface area (Å²) in [7, 11) is 0. The number of nitrogens with zero attached hydrogens (tertiary/aromatic N) is 1. The third kappa shape index (κ3) is 1.80. The van der Waals surface area contributed by atoms with Crippen molar-refractivity contribution in [3.8, 4) is 0 Å². The number of hydrogen-bond donors (Lipinski definition) is 1. The minimum absolute atomic E-state index is 0.865. The molecule has 0 unspecified atom stereocenters. The minimum atomic E-state index is 0.865. The molecular weight excluding hydrogens is 172 g/mol. The van der Waals surface area contributed by atoms with Gasteiger partial charge in [-0.3, -0.25) is 4.90 Å². The number of benzene rings is 1. The van der Waals surface area contributed by atoms with Crippen LogP contribution in [0.15, 0.2) is 30.9 Å². The van der Waals surface area contributed by atoms with Gasteiger partial charge in [0.25, 0.3) is 0 Å². The molecule has 0 fully saturated rings. The molecule has 74 valence electrons. The molecule has 14 heavy (non-hydrogen) atoms. The van der Waals surface area contributed by atoms with E-state index in [0.29, 0.717) is 0 Å². The Morgan fingerprint density at radius 1 is 1.43 bits per heavy atom. The maximum Gasteiger partial charge on any atom is 0.0317 e. The van der Waals surface area contributed by atoms with Crippen LogP contribution in [0.3, 0.4) is 0 Å². The lowest BCUT2D eigenvalue weighted by Gasteiger charge is -2.27. The smallest absolute Gasteiger partial charge is 0.0317 e. The van der Waals surface area contributed by atoms with Crippen molar-refractivity contribution in [2.75, 3.05) is 18.8 Å². The van der Waals surface area contributed by atoms with Crippen LogP contribution in [0.4, 0.5) is 5.69 Å². The van der Waals surface area contributed by atoms with E-state index in [1.54, 1.807) is 0 Å². The van der Waals surface area contributed by atoms with Gasteiger partial charge in [-0.25, -0.2) is 0 Å². The van der Waals surface area contributed by atoms with Crippen LogP contribution in [0.5, 0.6) is 0 Å². The lowest BCUT2D eigenvalue weighted by atomic mass is 9.99. The Bertz CT molecular complexity index is 344. The van der Waals surface area contributed by atoms with Crippen LogP contribution in [-0.2, 0) is 13.0 Å². The number of hydrogen-bond acceptors (Lipinski definition) is 2. The predicted molar refractivity (Wildman–Crippen MR) is 60.0 cm³/mol. The van der Waals surface area contributed by atoms with Crippen LogP contribution in [0.25, 0.3) is 0 Å². The van der Waals surface area contributed by atoms with Gasteiger partial charge >= 0.3 is 0 Å². The van der Waals surface area contributed by atoms with Crippen molar-refractivity contribution in [3.05, 3.63) is 42.0 Å². The Balaban J connectivity index is 2.20. The van der Waals surface area contributed by atoms with Gasteiger partial charge in [0.2, 0.25) is 0 Å². The van der Waals surface area contributed by atoms with Gasteiger partial charge in [-0.05, 0) is 29.7 Å². The molecular formula is C12H16N2. The monoisotopic (exact) mass is 188 g/mol. The van der Waals surface area contributed by atoms with Crippen molar-refractivity contribution in [3.63, 3.8) is 0 Å². The fourth-order valence-corrected chi connectivity index (χ4v) is 1.97. The molecule has 0 saturated heterocycles. The molecule has 1 heterocycles. The van der Waals surface area contributed by atoms with Crippen LogP contribution in [0, 0.1) is 0 Å². The second-order valence-electron chi connectivity index (χ2n) is 3.80. The molecule has 0 bridgehead atoms. The first-order valence-electron chi connectivity index (χ1n) is 5.00. The van der Waals surface area contributed by atoms with Crippen LogP contribution in [0.1, 0.15) is 11.1 Å². The third-order valence-corrected chi connectivity index (χ3v) is 2.71. The molecule has 1 aromatic rings. The SMILES string of the molecule is C=CCN1CCc2ccc(N)cc2C1. The van der Waals surface area contributed by atoms with Crippen molar-refractivity contribution < 1.29 is 0 Å². The van der Waals surface area contributed by atoms with E-state index in [2.05, 4.69) is 23.6 Å². The fourth-order valence-electron chi connectivity index (χ4n) is 1.97. The summed E-state index contributed by atoms with van der Waals surface area (Å²) in [5.41, 5.74) is 9.44. The van der Waals surface area contributed by atoms with Gasteiger partial charge in [-0.2, -0.15) is 0 Å². The lowest BCUT2D eigenvalue weighted by molar-refractivity contribution is 0.282. The molecule has 0 radical (unpaired) electrons. The first kappa shape index (κ1) is 9.28. The molecule has 1 aromatic carbocycles. The summed E-state index contributed by atoms with van der Waals surface area (Å²) in [5.74, 6) is 0. The molecule has 0 atom stereocenters. The number of fused-ring (bicyclic) bond motifs is 1. The topological polar surface area (TPSA) is 29.3 Å². The van der Waals surface area contributed by atoms with E-state index in [0.717, 1.165) is 31.7 Å². The second kappa shape index (κ2) is 3.84. The van der Waals surface area contributed by atoms with Crippen molar-refractivity contribution in [2.45, 2.75) is 13.0 Å². The van der Waals surface area contributed by atoms with Crippen LogP contribution in [0.2, 0.25) is 0 Å². The quantitative estimate of drug-likeness (QED) is 0.566. The van der Waals surface area contributed by atoms with Crippen LogP contribution < -0.4 is 5.73 Å². The standard InChI is InChI=1S/C12H16N2/c1-2-6-14-7-5-10-3-4-12(13)8-11(10)9-14/h2-4,8H,1,5-7,9,13H2. The largest absolute Gasteiger partial charge is 0.399 e. The lowest BCUT2D eigenvalue weighted by Crippen LogP contribution is -2.30. The Kier molecular flexibility index (Phi) is 2.55. The van der Waals surface area contributed by atoms with Crippen LogP contribution in [-0.4, -0.2) is 18.0 Å². The first-order chi connectivity index (χ1) is 6.79. The van der Waals surface area contributed by atoms with Gasteiger partial charge in [0.1, 0.15) is 0 Å². The van der Waals surface area contributed by atoms with Gasteiger partial charge in [0, 0.05) is 25.3 Å². The molecule has 0 spiro atoms. The van der Waals surface area contributed by atoms with Gasteiger partial charge in [0.05, 0.1) is 0 Å². The highest BCUT2D eigenvalue weighted by molar-refractivity contribution is 5.45. The Morgan fingerprint density at radius 2 is 2.29 bits per heavy atom.